The molecule has 0 radical (unpaired) electrons. The van der Waals surface area contributed by atoms with Crippen LogP contribution in [0.25, 0.3) is 0 Å². The monoisotopic (exact) mass is 629 g/mol. The van der Waals surface area contributed by atoms with Crippen LogP contribution >= 0.6 is 11.8 Å². The first kappa shape index (κ1) is 31.9. The number of ether oxygens (including phenoxy) is 2. The van der Waals surface area contributed by atoms with E-state index < -0.39 is 11.9 Å². The molecule has 0 spiro atoms. The van der Waals surface area contributed by atoms with Crippen LogP contribution in [-0.4, -0.2) is 11.9 Å². The maximum atomic E-state index is 13.9. The van der Waals surface area contributed by atoms with Gasteiger partial charge in [-0.1, -0.05) is 32.4 Å². The first-order valence-electron chi connectivity index (χ1n) is 16.2. The van der Waals surface area contributed by atoms with E-state index in [0.717, 1.165) is 66.5 Å². The molecule has 6 rings (SSSR count). The second-order valence-corrected chi connectivity index (χ2v) is 16.3. The van der Waals surface area contributed by atoms with Crippen molar-refractivity contribution in [3.63, 3.8) is 0 Å². The molecule has 238 valence electrons. The third-order valence-corrected chi connectivity index (χ3v) is 13.2. The van der Waals surface area contributed by atoms with Gasteiger partial charge in [0.25, 0.3) is 0 Å². The number of rotatable bonds is 4. The van der Waals surface area contributed by atoms with Gasteiger partial charge in [-0.05, 0) is 123 Å². The van der Waals surface area contributed by atoms with Gasteiger partial charge in [0, 0.05) is 29.7 Å². The van der Waals surface area contributed by atoms with Crippen LogP contribution in [0.4, 0.5) is 4.39 Å². The Kier molecular flexibility index (Phi) is 7.79. The molecule has 7 atom stereocenters. The molecule has 45 heavy (non-hydrogen) atoms. The van der Waals surface area contributed by atoms with Gasteiger partial charge in [0.15, 0.2) is 11.5 Å². The number of carbonyl (C=O) groups is 2. The molecule has 0 aromatic heterocycles. The number of nitrogens with zero attached hydrogens (tertiary/aromatic N) is 1. The first-order chi connectivity index (χ1) is 21.1. The Morgan fingerprint density at radius 1 is 0.956 bits per heavy atom. The van der Waals surface area contributed by atoms with Crippen LogP contribution in [0.3, 0.4) is 0 Å². The lowest BCUT2D eigenvalue weighted by Crippen LogP contribution is -2.56. The lowest BCUT2D eigenvalue weighted by molar-refractivity contribution is -0.134. The Bertz CT molecular complexity index is 1640. The smallest absolute Gasteiger partial charge is 0.308 e. The number of esters is 2. The minimum Gasteiger partial charge on any atom is -0.423 e. The zero-order chi connectivity index (χ0) is 32.5. The molecule has 2 aromatic rings. The van der Waals surface area contributed by atoms with Gasteiger partial charge < -0.3 is 9.47 Å². The van der Waals surface area contributed by atoms with Gasteiger partial charge in [0.05, 0.1) is 16.7 Å². The predicted octanol–water partition coefficient (Wildman–Crippen LogP) is 9.56. The largest absolute Gasteiger partial charge is 0.423 e. The van der Waals surface area contributed by atoms with E-state index in [1.165, 1.54) is 31.6 Å². The number of fused-ring (bicyclic) bond motifs is 7. The SMILES string of the molecule is CC(=O)Oc1cc2c(c(C)c1OC(C)=O)C(Sc1ccc(F)cc1)C=C1C2(C)CCC2C3CC(C)(C#N)CCC3(C)CCC12C. The van der Waals surface area contributed by atoms with Gasteiger partial charge in [-0.3, -0.25) is 9.59 Å². The maximum absolute atomic E-state index is 13.9. The van der Waals surface area contributed by atoms with Crippen LogP contribution in [0.1, 0.15) is 108 Å². The van der Waals surface area contributed by atoms with E-state index in [0.29, 0.717) is 11.8 Å². The molecule has 0 bridgehead atoms. The number of allylic oxidation sites excluding steroid dienone is 1. The van der Waals surface area contributed by atoms with E-state index >= 15 is 0 Å². The molecule has 0 aliphatic heterocycles. The summed E-state index contributed by atoms with van der Waals surface area (Å²) < 4.78 is 25.3. The van der Waals surface area contributed by atoms with E-state index in [1.54, 1.807) is 11.8 Å². The van der Waals surface area contributed by atoms with Crippen molar-refractivity contribution >= 4 is 23.7 Å². The lowest BCUT2D eigenvalue weighted by atomic mass is 9.40. The average molecular weight is 630 g/mol. The molecule has 3 saturated carbocycles. The molecular weight excluding hydrogens is 585 g/mol. The summed E-state index contributed by atoms with van der Waals surface area (Å²) in [5, 5.41) is 10.0. The van der Waals surface area contributed by atoms with Crippen LogP contribution in [0.2, 0.25) is 0 Å². The highest BCUT2D eigenvalue weighted by Gasteiger charge is 2.61. The summed E-state index contributed by atoms with van der Waals surface area (Å²) in [5.41, 5.74) is 3.89. The minimum absolute atomic E-state index is 0.0752. The summed E-state index contributed by atoms with van der Waals surface area (Å²) in [4.78, 5) is 25.5. The summed E-state index contributed by atoms with van der Waals surface area (Å²) in [6.45, 7) is 14.0. The number of halogens is 1. The highest BCUT2D eigenvalue weighted by Crippen LogP contribution is 2.71. The number of benzene rings is 2. The van der Waals surface area contributed by atoms with Gasteiger partial charge in [0.2, 0.25) is 0 Å². The molecular formula is C38H44FNO4S. The van der Waals surface area contributed by atoms with Crippen molar-refractivity contribution in [1.82, 2.24) is 0 Å². The molecule has 2 aromatic carbocycles. The van der Waals surface area contributed by atoms with Gasteiger partial charge in [-0.2, -0.15) is 5.26 Å². The molecule has 5 nitrogen and oxygen atoms in total. The Labute approximate surface area is 270 Å². The second-order valence-electron chi connectivity index (χ2n) is 15.1. The zero-order valence-corrected chi connectivity index (χ0v) is 28.3. The van der Waals surface area contributed by atoms with Crippen molar-refractivity contribution in [3.8, 4) is 17.6 Å². The number of hydrogen-bond donors (Lipinski definition) is 0. The van der Waals surface area contributed by atoms with Gasteiger partial charge in [-0.15, -0.1) is 11.8 Å². The molecule has 0 N–H and O–H groups in total. The molecule has 4 aliphatic carbocycles. The Balaban J connectivity index is 1.54. The molecule has 0 amide bonds. The Morgan fingerprint density at radius 2 is 1.62 bits per heavy atom. The Morgan fingerprint density at radius 3 is 2.27 bits per heavy atom. The van der Waals surface area contributed by atoms with Gasteiger partial charge in [0.1, 0.15) is 5.82 Å². The molecule has 7 heteroatoms. The van der Waals surface area contributed by atoms with Crippen molar-refractivity contribution in [2.45, 2.75) is 109 Å². The van der Waals surface area contributed by atoms with E-state index in [2.05, 4.69) is 39.8 Å². The summed E-state index contributed by atoms with van der Waals surface area (Å²) >= 11 is 1.66. The summed E-state index contributed by atoms with van der Waals surface area (Å²) in [6, 6.07) is 11.2. The lowest BCUT2D eigenvalue weighted by Gasteiger charge is -2.64. The number of nitriles is 1. The van der Waals surface area contributed by atoms with Gasteiger partial charge >= 0.3 is 11.9 Å². The molecule has 0 heterocycles. The topological polar surface area (TPSA) is 76.4 Å². The number of carbonyl (C=O) groups excluding carboxylic acids is 2. The first-order valence-corrected chi connectivity index (χ1v) is 17.1. The summed E-state index contributed by atoms with van der Waals surface area (Å²) in [5.74, 6) is 0.221. The zero-order valence-electron chi connectivity index (χ0n) is 27.5. The standard InChI is InChI=1S/C38H44FNO4S/c1-22-33-28(18-30(43-23(2)41)34(22)44-24(3)42)37(6)13-12-27-29-20-35(4,21-40)14-15-36(29,5)16-17-38(27,7)32(37)19-31(33)45-26-10-8-25(39)9-11-26/h8-11,18-19,27,29,31H,12-17,20H2,1-7H3. The van der Waals surface area contributed by atoms with Crippen molar-refractivity contribution < 1.29 is 23.5 Å². The van der Waals surface area contributed by atoms with Crippen molar-refractivity contribution in [2.75, 3.05) is 0 Å². The summed E-state index contributed by atoms with van der Waals surface area (Å²) in [7, 11) is 0. The van der Waals surface area contributed by atoms with Crippen LogP contribution in [-0.2, 0) is 15.0 Å². The minimum atomic E-state index is -0.484. The van der Waals surface area contributed by atoms with Crippen LogP contribution in [0.15, 0.2) is 46.9 Å². The van der Waals surface area contributed by atoms with Crippen LogP contribution in [0, 0.1) is 52.2 Å². The third kappa shape index (κ3) is 5.22. The highest BCUT2D eigenvalue weighted by atomic mass is 32.2. The second kappa shape index (κ2) is 11.0. The van der Waals surface area contributed by atoms with E-state index in [-0.39, 0.29) is 44.2 Å². The van der Waals surface area contributed by atoms with E-state index in [9.17, 15) is 19.2 Å². The third-order valence-electron chi connectivity index (χ3n) is 12.1. The fourth-order valence-corrected chi connectivity index (χ4v) is 10.8. The summed E-state index contributed by atoms with van der Waals surface area (Å²) in [6.07, 6.45) is 9.65. The van der Waals surface area contributed by atoms with Crippen LogP contribution in [0.5, 0.6) is 11.5 Å². The van der Waals surface area contributed by atoms with Crippen molar-refractivity contribution in [2.24, 2.45) is 28.1 Å². The molecule has 3 fully saturated rings. The van der Waals surface area contributed by atoms with E-state index in [1.807, 2.05) is 25.1 Å². The maximum Gasteiger partial charge on any atom is 0.308 e. The fraction of sp³-hybridized carbons (Fsp3) is 0.553. The fourth-order valence-electron chi connectivity index (χ4n) is 9.61. The predicted molar refractivity (Wildman–Crippen MR) is 173 cm³/mol. The molecule has 7 unspecified atom stereocenters. The van der Waals surface area contributed by atoms with Crippen molar-refractivity contribution in [3.05, 3.63) is 64.5 Å². The molecule has 4 aliphatic rings. The van der Waals surface area contributed by atoms with Gasteiger partial charge in [-0.25, -0.2) is 4.39 Å². The molecule has 0 saturated heterocycles. The van der Waals surface area contributed by atoms with E-state index in [4.69, 9.17) is 9.47 Å². The highest BCUT2D eigenvalue weighted by molar-refractivity contribution is 7.99. The van der Waals surface area contributed by atoms with Crippen molar-refractivity contribution in [1.29, 1.82) is 5.26 Å². The number of thioether (sulfide) groups is 1. The quantitative estimate of drug-likeness (QED) is 0.190. The normalized spacial score (nSPS) is 35.0. The average Bonchev–Trinajstić information content (AvgIpc) is 2.97. The number of hydrogen-bond acceptors (Lipinski definition) is 6. The Hall–Kier alpha value is -3.11. The van der Waals surface area contributed by atoms with Crippen LogP contribution < -0.4 is 9.47 Å².